The topological polar surface area (TPSA) is 20.3 Å². The van der Waals surface area contributed by atoms with Gasteiger partial charge in [-0.05, 0) is 78.1 Å². The Labute approximate surface area is 194 Å². The van der Waals surface area contributed by atoms with Gasteiger partial charge >= 0.3 is 0 Å². The van der Waals surface area contributed by atoms with Gasteiger partial charge in [0.05, 0.1) is 25.7 Å². The Hall–Kier alpha value is -1.65. The van der Waals surface area contributed by atoms with Crippen LogP contribution < -0.4 is 21.9 Å². The van der Waals surface area contributed by atoms with Gasteiger partial charge in [-0.3, -0.25) is 4.79 Å². The molecule has 0 bridgehead atoms. The third-order valence-electron chi connectivity index (χ3n) is 6.49. The molecule has 4 heteroatoms. The minimum absolute atomic E-state index is 0. The van der Waals surface area contributed by atoms with Crippen molar-refractivity contribution in [1.29, 1.82) is 0 Å². The van der Waals surface area contributed by atoms with E-state index in [1.54, 1.807) is 0 Å². The van der Waals surface area contributed by atoms with Crippen LogP contribution in [0.5, 0.6) is 0 Å². The maximum Gasteiger partial charge on any atom is 0.258 e. The number of aryl methyl sites for hydroxylation is 1. The molecule has 0 aliphatic carbocycles. The van der Waals surface area contributed by atoms with E-state index in [2.05, 4.69) is 34.7 Å². The molecule has 0 fully saturated rings. The van der Waals surface area contributed by atoms with Gasteiger partial charge in [0.1, 0.15) is 0 Å². The predicted octanol–water partition coefficient (Wildman–Crippen LogP) is 3.08. The molecular weight excluding hydrogens is 436 g/mol. The first-order valence-electron chi connectivity index (χ1n) is 11.0. The number of amides is 1. The SMILES string of the molecule is Cc1ccc(C(=O)N(CCCCC[N+](C)(C(C)C)C(C)C)c2ccccc2)cc1.[Br-]. The Bertz CT molecular complexity index is 748. The van der Waals surface area contributed by atoms with Crippen LogP contribution in [0.2, 0.25) is 0 Å². The number of unbranched alkanes of at least 4 members (excludes halogenated alkanes) is 2. The zero-order valence-electron chi connectivity index (χ0n) is 19.6. The lowest BCUT2D eigenvalue weighted by Gasteiger charge is -2.42. The third-order valence-corrected chi connectivity index (χ3v) is 6.49. The fraction of sp³-hybridized carbons (Fsp3) is 0.500. The van der Waals surface area contributed by atoms with Gasteiger partial charge in [0, 0.05) is 17.8 Å². The van der Waals surface area contributed by atoms with Crippen molar-refractivity contribution in [2.75, 3.05) is 25.0 Å². The van der Waals surface area contributed by atoms with Crippen molar-refractivity contribution in [3.8, 4) is 0 Å². The van der Waals surface area contributed by atoms with E-state index in [0.29, 0.717) is 12.1 Å². The fourth-order valence-corrected chi connectivity index (χ4v) is 3.82. The average Bonchev–Trinajstić information content (AvgIpc) is 2.71. The Kier molecular flexibility index (Phi) is 10.8. The molecule has 30 heavy (non-hydrogen) atoms. The Balaban J connectivity index is 0.00000450. The monoisotopic (exact) mass is 474 g/mol. The number of carbonyl (C=O) groups is 1. The van der Waals surface area contributed by atoms with Crippen LogP contribution in [0.15, 0.2) is 54.6 Å². The van der Waals surface area contributed by atoms with Crippen LogP contribution in [0.1, 0.15) is 62.9 Å². The van der Waals surface area contributed by atoms with Crippen LogP contribution in [0.25, 0.3) is 0 Å². The van der Waals surface area contributed by atoms with Crippen LogP contribution in [-0.2, 0) is 0 Å². The number of hydrogen-bond acceptors (Lipinski definition) is 1. The van der Waals surface area contributed by atoms with Crippen LogP contribution in [-0.4, -0.2) is 42.6 Å². The standard InChI is InChI=1S/C26H39N2O.BrH/c1-21(2)28(6,22(3)4)20-12-8-11-19-27(25-13-9-7-10-14-25)26(29)24-17-15-23(5)16-18-24;/h7,9-10,13-18,21-22H,8,11-12,19-20H2,1-6H3;1H/q+1;/p-1. The van der Waals surface area contributed by atoms with Crippen molar-refractivity contribution in [2.45, 2.75) is 66.0 Å². The smallest absolute Gasteiger partial charge is 0.258 e. The minimum Gasteiger partial charge on any atom is -1.00 e. The zero-order chi connectivity index (χ0) is 21.4. The molecule has 0 atom stereocenters. The summed E-state index contributed by atoms with van der Waals surface area (Å²) in [5.41, 5.74) is 2.90. The molecule has 0 radical (unpaired) electrons. The van der Waals surface area contributed by atoms with Crippen molar-refractivity contribution >= 4 is 11.6 Å². The molecule has 166 valence electrons. The predicted molar refractivity (Wildman–Crippen MR) is 124 cm³/mol. The summed E-state index contributed by atoms with van der Waals surface area (Å²) < 4.78 is 1.10. The van der Waals surface area contributed by atoms with Gasteiger partial charge in [0.15, 0.2) is 0 Å². The molecule has 0 heterocycles. The van der Waals surface area contributed by atoms with Crippen molar-refractivity contribution in [1.82, 2.24) is 0 Å². The molecule has 2 aromatic rings. The molecule has 3 nitrogen and oxygen atoms in total. The zero-order valence-corrected chi connectivity index (χ0v) is 21.2. The lowest BCUT2D eigenvalue weighted by atomic mass is 10.1. The van der Waals surface area contributed by atoms with Gasteiger partial charge in [-0.15, -0.1) is 0 Å². The summed E-state index contributed by atoms with van der Waals surface area (Å²) in [7, 11) is 2.37. The maximum absolute atomic E-state index is 13.2. The lowest BCUT2D eigenvalue weighted by Crippen LogP contribution is -3.00. The summed E-state index contributed by atoms with van der Waals surface area (Å²) in [6.45, 7) is 13.3. The summed E-state index contributed by atoms with van der Waals surface area (Å²) in [6, 6.07) is 19.2. The highest BCUT2D eigenvalue weighted by Crippen LogP contribution is 2.20. The number of rotatable bonds is 10. The molecule has 2 rings (SSSR count). The molecule has 0 N–H and O–H groups in total. The number of hydrogen-bond donors (Lipinski definition) is 0. The van der Waals surface area contributed by atoms with E-state index in [-0.39, 0.29) is 22.9 Å². The number of carbonyl (C=O) groups excluding carboxylic acids is 1. The average molecular weight is 476 g/mol. The van der Waals surface area contributed by atoms with Gasteiger partial charge in [-0.25, -0.2) is 0 Å². The normalized spacial score (nSPS) is 11.5. The van der Waals surface area contributed by atoms with E-state index in [0.717, 1.165) is 35.1 Å². The third kappa shape index (κ3) is 6.95. The largest absolute Gasteiger partial charge is 1.00 e. The highest BCUT2D eigenvalue weighted by Gasteiger charge is 2.28. The van der Waals surface area contributed by atoms with E-state index >= 15 is 0 Å². The Morgan fingerprint density at radius 3 is 1.97 bits per heavy atom. The van der Waals surface area contributed by atoms with E-state index in [4.69, 9.17) is 0 Å². The number of nitrogens with zero attached hydrogens (tertiary/aromatic N) is 2. The van der Waals surface area contributed by atoms with Crippen LogP contribution in [0.4, 0.5) is 5.69 Å². The second kappa shape index (κ2) is 12.3. The second-order valence-electron chi connectivity index (χ2n) is 8.98. The summed E-state index contributed by atoms with van der Waals surface area (Å²) in [4.78, 5) is 15.1. The van der Waals surface area contributed by atoms with E-state index in [1.807, 2.05) is 66.4 Å². The Morgan fingerprint density at radius 1 is 0.867 bits per heavy atom. The lowest BCUT2D eigenvalue weighted by molar-refractivity contribution is -0.949. The quantitative estimate of drug-likeness (QED) is 0.382. The minimum atomic E-state index is 0. The maximum atomic E-state index is 13.2. The van der Waals surface area contributed by atoms with Crippen molar-refractivity contribution in [2.24, 2.45) is 0 Å². The second-order valence-corrected chi connectivity index (χ2v) is 8.98. The van der Waals surface area contributed by atoms with Crippen molar-refractivity contribution in [3.63, 3.8) is 0 Å². The van der Waals surface area contributed by atoms with E-state index in [1.165, 1.54) is 18.5 Å². The number of halogens is 1. The van der Waals surface area contributed by atoms with Crippen LogP contribution in [0.3, 0.4) is 0 Å². The summed E-state index contributed by atoms with van der Waals surface area (Å²) >= 11 is 0. The molecule has 0 aliphatic heterocycles. The van der Waals surface area contributed by atoms with Crippen molar-refractivity contribution < 1.29 is 26.3 Å². The van der Waals surface area contributed by atoms with Gasteiger partial charge in [0.25, 0.3) is 5.91 Å². The van der Waals surface area contributed by atoms with Gasteiger partial charge < -0.3 is 26.4 Å². The van der Waals surface area contributed by atoms with Crippen LogP contribution >= 0.6 is 0 Å². The molecule has 0 aliphatic rings. The van der Waals surface area contributed by atoms with E-state index < -0.39 is 0 Å². The van der Waals surface area contributed by atoms with Gasteiger partial charge in [-0.1, -0.05) is 35.9 Å². The summed E-state index contributed by atoms with van der Waals surface area (Å²) in [5, 5.41) is 0. The molecular formula is C26H39BrN2O. The van der Waals surface area contributed by atoms with Gasteiger partial charge in [-0.2, -0.15) is 0 Å². The first-order chi connectivity index (χ1) is 13.8. The molecule has 0 aromatic heterocycles. The van der Waals surface area contributed by atoms with Crippen molar-refractivity contribution in [3.05, 3.63) is 65.7 Å². The number of para-hydroxylation sites is 1. The number of quaternary nitrogens is 1. The molecule has 0 spiro atoms. The van der Waals surface area contributed by atoms with Gasteiger partial charge in [0.2, 0.25) is 0 Å². The summed E-state index contributed by atoms with van der Waals surface area (Å²) in [6.07, 6.45) is 3.34. The Morgan fingerprint density at radius 2 is 1.43 bits per heavy atom. The number of benzene rings is 2. The fourth-order valence-electron chi connectivity index (χ4n) is 3.82. The van der Waals surface area contributed by atoms with E-state index in [9.17, 15) is 4.79 Å². The molecule has 0 saturated heterocycles. The molecule has 1 amide bonds. The number of anilines is 1. The highest BCUT2D eigenvalue weighted by atomic mass is 79.9. The first-order valence-corrected chi connectivity index (χ1v) is 11.0. The molecule has 0 saturated carbocycles. The van der Waals surface area contributed by atoms with Crippen LogP contribution in [0, 0.1) is 6.92 Å². The molecule has 2 aromatic carbocycles. The first kappa shape index (κ1) is 26.4. The summed E-state index contributed by atoms with van der Waals surface area (Å²) in [5.74, 6) is 0.0844. The molecule has 0 unspecified atom stereocenters. The highest BCUT2D eigenvalue weighted by molar-refractivity contribution is 6.06.